The fourth-order valence-corrected chi connectivity index (χ4v) is 4.80. The van der Waals surface area contributed by atoms with Crippen LogP contribution in [0.4, 0.5) is 0 Å². The summed E-state index contributed by atoms with van der Waals surface area (Å²) >= 11 is 0. The van der Waals surface area contributed by atoms with Gasteiger partial charge in [-0.1, -0.05) is 38.8 Å². The lowest BCUT2D eigenvalue weighted by atomic mass is 9.78. The molecule has 2 aliphatic rings. The van der Waals surface area contributed by atoms with E-state index in [1.165, 1.54) is 23.3 Å². The first-order valence-electron chi connectivity index (χ1n) is 11.0. The Kier molecular flexibility index (Phi) is 7.09. The average molecular weight is 385 g/mol. The van der Waals surface area contributed by atoms with Gasteiger partial charge in [0.25, 0.3) is 5.91 Å². The highest BCUT2D eigenvalue weighted by Gasteiger charge is 2.34. The smallest absolute Gasteiger partial charge is 0.278 e. The van der Waals surface area contributed by atoms with Gasteiger partial charge in [0.15, 0.2) is 6.04 Å². The molecule has 0 bridgehead atoms. The van der Waals surface area contributed by atoms with Crippen LogP contribution < -0.4 is 15.1 Å². The molecule has 1 aliphatic heterocycles. The summed E-state index contributed by atoms with van der Waals surface area (Å²) in [5, 5.41) is 12.3. The quantitative estimate of drug-likeness (QED) is 0.678. The molecule has 0 unspecified atom stereocenters. The lowest BCUT2D eigenvalue weighted by Gasteiger charge is -2.37. The van der Waals surface area contributed by atoms with Gasteiger partial charge in [-0.05, 0) is 37.3 Å². The first-order valence-corrected chi connectivity index (χ1v) is 11.0. The van der Waals surface area contributed by atoms with E-state index in [9.17, 15) is 4.79 Å². The molecule has 1 aromatic rings. The number of hydrogen-bond donors (Lipinski definition) is 3. The molecular weight excluding hydrogens is 348 g/mol. The molecule has 1 aliphatic carbocycles. The number of benzene rings is 1. The van der Waals surface area contributed by atoms with Crippen LogP contribution in [0.1, 0.15) is 51.2 Å². The Hall–Kier alpha value is -1.90. The Morgan fingerprint density at radius 2 is 1.86 bits per heavy atom. The zero-order valence-electron chi connectivity index (χ0n) is 17.6. The van der Waals surface area contributed by atoms with Crippen LogP contribution in [0, 0.1) is 23.2 Å². The zero-order chi connectivity index (χ0) is 20.1. The number of nitrogens with one attached hydrogen (secondary N) is 3. The van der Waals surface area contributed by atoms with Gasteiger partial charge in [0, 0.05) is 11.6 Å². The van der Waals surface area contributed by atoms with Crippen molar-refractivity contribution >= 4 is 5.91 Å². The van der Waals surface area contributed by atoms with E-state index in [0.29, 0.717) is 17.9 Å². The van der Waals surface area contributed by atoms with Crippen LogP contribution in [0.15, 0.2) is 24.3 Å². The fourth-order valence-electron chi connectivity index (χ4n) is 4.80. The Morgan fingerprint density at radius 1 is 1.18 bits per heavy atom. The first-order chi connectivity index (χ1) is 13.5. The topological polar surface area (TPSA) is 61.8 Å². The van der Waals surface area contributed by atoms with Crippen LogP contribution >= 0.6 is 0 Å². The lowest BCUT2D eigenvalue weighted by molar-refractivity contribution is -1.02. The van der Waals surface area contributed by atoms with Crippen molar-refractivity contribution in [3.63, 3.8) is 0 Å². The van der Waals surface area contributed by atoms with E-state index in [-0.39, 0.29) is 11.9 Å². The standard InChI is InChI=1S/C23H34N4O/c1-17-5-4-6-22(18(17)2)25-23(28)19(3)27-13-11-26(12-14-27)16-21-9-7-20(15-24)8-10-21/h7-10,17-19,22H,4-6,11-14,16H2,1-3H3,(H,25,28)/p+2/t17-,18-,19-,22+/m1/s1. The second-order valence-corrected chi connectivity index (χ2v) is 9.00. The van der Waals surface area contributed by atoms with Crippen LogP contribution in [-0.2, 0) is 11.3 Å². The first kappa shape index (κ1) is 20.8. The minimum Gasteiger partial charge on any atom is -0.348 e. The summed E-state index contributed by atoms with van der Waals surface area (Å²) in [4.78, 5) is 15.8. The number of carbonyl (C=O) groups excluding carboxylic acids is 1. The number of nitrogens with zero attached hydrogens (tertiary/aromatic N) is 1. The molecule has 1 saturated carbocycles. The fraction of sp³-hybridized carbons (Fsp3) is 0.652. The maximum absolute atomic E-state index is 12.8. The summed E-state index contributed by atoms with van der Waals surface area (Å²) in [6.45, 7) is 11.9. The highest BCUT2D eigenvalue weighted by atomic mass is 16.2. The molecule has 152 valence electrons. The summed E-state index contributed by atoms with van der Waals surface area (Å²) in [5.74, 6) is 1.51. The molecule has 1 amide bonds. The van der Waals surface area contributed by atoms with Crippen LogP contribution in [0.3, 0.4) is 0 Å². The average Bonchev–Trinajstić information content (AvgIpc) is 2.72. The van der Waals surface area contributed by atoms with Crippen molar-refractivity contribution in [2.24, 2.45) is 11.8 Å². The number of piperazine rings is 1. The van der Waals surface area contributed by atoms with Crippen molar-refractivity contribution in [2.45, 2.75) is 58.7 Å². The van der Waals surface area contributed by atoms with E-state index < -0.39 is 0 Å². The Morgan fingerprint density at radius 3 is 2.50 bits per heavy atom. The molecule has 3 N–H and O–H groups in total. The van der Waals surface area contributed by atoms with Gasteiger partial charge in [0.2, 0.25) is 0 Å². The molecule has 0 spiro atoms. The van der Waals surface area contributed by atoms with E-state index in [1.807, 2.05) is 12.1 Å². The van der Waals surface area contributed by atoms with Gasteiger partial charge >= 0.3 is 0 Å². The maximum atomic E-state index is 12.8. The van der Waals surface area contributed by atoms with Gasteiger partial charge in [-0.3, -0.25) is 4.79 Å². The van der Waals surface area contributed by atoms with Crippen LogP contribution in [-0.4, -0.2) is 44.2 Å². The van der Waals surface area contributed by atoms with Gasteiger partial charge in [-0.15, -0.1) is 0 Å². The molecular formula is C23H36N4O+2. The van der Waals surface area contributed by atoms with E-state index in [1.54, 1.807) is 4.90 Å². The Bertz CT molecular complexity index is 688. The maximum Gasteiger partial charge on any atom is 0.278 e. The number of amides is 1. The van der Waals surface area contributed by atoms with Crippen LogP contribution in [0.5, 0.6) is 0 Å². The zero-order valence-corrected chi connectivity index (χ0v) is 17.6. The predicted molar refractivity (Wildman–Crippen MR) is 110 cm³/mol. The van der Waals surface area contributed by atoms with Crippen molar-refractivity contribution in [3.8, 4) is 6.07 Å². The minimum absolute atomic E-state index is 0.0286. The third-order valence-corrected chi connectivity index (χ3v) is 7.18. The molecule has 1 saturated heterocycles. The molecule has 1 aromatic carbocycles. The number of hydrogen-bond acceptors (Lipinski definition) is 2. The largest absolute Gasteiger partial charge is 0.348 e. The van der Waals surface area contributed by atoms with E-state index in [2.05, 4.69) is 44.3 Å². The lowest BCUT2D eigenvalue weighted by Crippen LogP contribution is -3.29. The van der Waals surface area contributed by atoms with E-state index in [0.717, 1.165) is 44.7 Å². The van der Waals surface area contributed by atoms with Gasteiger partial charge in [-0.25, -0.2) is 0 Å². The van der Waals surface area contributed by atoms with Crippen molar-refractivity contribution < 1.29 is 14.6 Å². The second kappa shape index (κ2) is 9.54. The minimum atomic E-state index is 0.0286. The normalized spacial score (nSPS) is 31.6. The summed E-state index contributed by atoms with van der Waals surface area (Å²) in [7, 11) is 0. The van der Waals surface area contributed by atoms with Gasteiger partial charge in [-0.2, -0.15) is 5.26 Å². The van der Waals surface area contributed by atoms with Gasteiger partial charge in [0.05, 0.1) is 11.6 Å². The van der Waals surface area contributed by atoms with Crippen molar-refractivity contribution in [2.75, 3.05) is 26.2 Å². The number of nitriles is 1. The molecule has 3 rings (SSSR count). The van der Waals surface area contributed by atoms with Crippen LogP contribution in [0.25, 0.3) is 0 Å². The summed E-state index contributed by atoms with van der Waals surface area (Å²) in [6.07, 6.45) is 3.65. The summed E-state index contributed by atoms with van der Waals surface area (Å²) < 4.78 is 0. The Labute approximate surface area is 169 Å². The Balaban J connectivity index is 1.45. The van der Waals surface area contributed by atoms with E-state index >= 15 is 0 Å². The molecule has 5 nitrogen and oxygen atoms in total. The number of rotatable bonds is 5. The second-order valence-electron chi connectivity index (χ2n) is 9.00. The number of quaternary nitrogens is 2. The third kappa shape index (κ3) is 5.12. The highest BCUT2D eigenvalue weighted by Crippen LogP contribution is 2.29. The van der Waals surface area contributed by atoms with Crippen molar-refractivity contribution in [1.82, 2.24) is 5.32 Å². The molecule has 28 heavy (non-hydrogen) atoms. The van der Waals surface area contributed by atoms with Crippen LogP contribution in [0.2, 0.25) is 0 Å². The SMILES string of the molecule is C[C@@H]1[C@H](C)CCC[C@@H]1NC(=O)[C@@H](C)[NH+]1CC[NH+](Cc2ccc(C#N)cc2)CC1. The molecule has 4 atom stereocenters. The monoisotopic (exact) mass is 384 g/mol. The van der Waals surface area contributed by atoms with Crippen molar-refractivity contribution in [3.05, 3.63) is 35.4 Å². The molecule has 0 aromatic heterocycles. The van der Waals surface area contributed by atoms with Crippen molar-refractivity contribution in [1.29, 1.82) is 5.26 Å². The summed E-state index contributed by atoms with van der Waals surface area (Å²) in [5.41, 5.74) is 2.00. The number of carbonyl (C=O) groups is 1. The highest BCUT2D eigenvalue weighted by molar-refractivity contribution is 5.80. The third-order valence-electron chi connectivity index (χ3n) is 7.18. The van der Waals surface area contributed by atoms with E-state index in [4.69, 9.17) is 5.26 Å². The molecule has 1 heterocycles. The van der Waals surface area contributed by atoms with Gasteiger partial charge < -0.3 is 15.1 Å². The predicted octanol–water partition coefficient (Wildman–Crippen LogP) is 0.171. The molecule has 2 fully saturated rings. The molecule has 5 heteroatoms. The summed E-state index contributed by atoms with van der Waals surface area (Å²) in [6, 6.07) is 10.5. The van der Waals surface area contributed by atoms with Gasteiger partial charge in [0.1, 0.15) is 32.7 Å². The molecule has 0 radical (unpaired) electrons.